The van der Waals surface area contributed by atoms with E-state index in [9.17, 15) is 0 Å². The van der Waals surface area contributed by atoms with Gasteiger partial charge in [0.25, 0.3) is 0 Å². The second-order valence-electron chi connectivity index (χ2n) is 12.6. The summed E-state index contributed by atoms with van der Waals surface area (Å²) < 4.78 is 3.82. The molecule has 0 saturated heterocycles. The van der Waals surface area contributed by atoms with E-state index in [2.05, 4.69) is 151 Å². The summed E-state index contributed by atoms with van der Waals surface area (Å²) in [6.07, 6.45) is 6.44. The molecular formula is C39H40Cl2Zr. The number of allylic oxidation sites excluding steroid dienone is 4. The molecule has 214 valence electrons. The second kappa shape index (κ2) is 13.1. The van der Waals surface area contributed by atoms with E-state index in [4.69, 9.17) is 0 Å². The van der Waals surface area contributed by atoms with Gasteiger partial charge in [0.2, 0.25) is 0 Å². The number of rotatable bonds is 5. The van der Waals surface area contributed by atoms with Gasteiger partial charge in [0.05, 0.1) is 0 Å². The molecule has 0 heterocycles. The second-order valence-corrected chi connectivity index (χ2v) is 18.7. The molecule has 0 spiro atoms. The van der Waals surface area contributed by atoms with Crippen molar-refractivity contribution in [3.8, 4) is 11.1 Å². The first-order chi connectivity index (χ1) is 19.3. The Morgan fingerprint density at radius 1 is 0.690 bits per heavy atom. The van der Waals surface area contributed by atoms with E-state index in [0.717, 1.165) is 6.42 Å². The van der Waals surface area contributed by atoms with Gasteiger partial charge in [-0.2, -0.15) is 0 Å². The van der Waals surface area contributed by atoms with Gasteiger partial charge >= 0.3 is 250 Å². The van der Waals surface area contributed by atoms with E-state index >= 15 is 0 Å². The van der Waals surface area contributed by atoms with Crippen LogP contribution in [0.2, 0.25) is 0 Å². The summed E-state index contributed by atoms with van der Waals surface area (Å²) in [5.41, 5.74) is 13.2. The Balaban J connectivity index is 0.00000202. The maximum absolute atomic E-state index is 2.75. The van der Waals surface area contributed by atoms with Gasteiger partial charge in [0.1, 0.15) is 0 Å². The van der Waals surface area contributed by atoms with E-state index in [1.54, 1.807) is 17.6 Å². The Morgan fingerprint density at radius 3 is 1.60 bits per heavy atom. The van der Waals surface area contributed by atoms with Crippen LogP contribution in [0, 0.1) is 25.2 Å². The van der Waals surface area contributed by atoms with Crippen molar-refractivity contribution in [2.75, 3.05) is 0 Å². The number of fused-ring (bicyclic) bond motifs is 3. The molecule has 0 radical (unpaired) electrons. The summed E-state index contributed by atoms with van der Waals surface area (Å²) in [6.45, 7) is 14.0. The summed E-state index contributed by atoms with van der Waals surface area (Å²) in [4.78, 5) is 0. The van der Waals surface area contributed by atoms with Gasteiger partial charge in [-0.05, 0) is 0 Å². The third kappa shape index (κ3) is 6.04. The van der Waals surface area contributed by atoms with Crippen molar-refractivity contribution in [2.45, 2.75) is 51.6 Å². The zero-order chi connectivity index (χ0) is 28.0. The molecule has 0 aliphatic heterocycles. The van der Waals surface area contributed by atoms with Crippen molar-refractivity contribution < 1.29 is 46.1 Å². The van der Waals surface area contributed by atoms with Crippen molar-refractivity contribution in [3.05, 3.63) is 151 Å². The predicted octanol–water partition coefficient (Wildman–Crippen LogP) is 4.16. The van der Waals surface area contributed by atoms with Crippen LogP contribution >= 0.6 is 0 Å². The van der Waals surface area contributed by atoms with Crippen LogP contribution in [0.15, 0.2) is 118 Å². The van der Waals surface area contributed by atoms with Gasteiger partial charge < -0.3 is 24.8 Å². The maximum Gasteiger partial charge on any atom is -1.00 e. The summed E-state index contributed by atoms with van der Waals surface area (Å²) in [6, 6.07) is 37.1. The van der Waals surface area contributed by atoms with Crippen LogP contribution in [0.5, 0.6) is 0 Å². The van der Waals surface area contributed by atoms with Crippen LogP contribution in [0.25, 0.3) is 11.1 Å². The standard InChI is InChI=1S/C15H13.C13H10.C11H17.2ClH.Zr/c1-10-3-5-14-12(7-10)9-13-8-11(2)4-6-15(13)14;1-3-7-12(8-4-1)11-13-9-5-2-6-10-13;1-5-9-6-7-10(8-9)11(2,3)4;;;/h3-9H,1-2H3;1-10H;7-9H,5H2,1-4H3;2*1H;/q;;;;;+2/p-2. The molecule has 0 nitrogen and oxygen atoms in total. The summed E-state index contributed by atoms with van der Waals surface area (Å²) in [5.74, 6) is 0.508. The van der Waals surface area contributed by atoms with E-state index in [1.807, 2.05) is 0 Å². The molecule has 1 unspecified atom stereocenters. The molecule has 0 N–H and O–H groups in total. The van der Waals surface area contributed by atoms with E-state index in [1.165, 1.54) is 39.0 Å². The Bertz CT molecular complexity index is 1580. The molecule has 0 bridgehead atoms. The minimum Gasteiger partial charge on any atom is -1.00 e. The fourth-order valence-electron chi connectivity index (χ4n) is 6.66. The molecule has 1 atom stereocenters. The molecule has 0 amide bonds. The van der Waals surface area contributed by atoms with Gasteiger partial charge in [0.15, 0.2) is 0 Å². The molecule has 6 rings (SSSR count). The fourth-order valence-corrected chi connectivity index (χ4v) is 16.4. The van der Waals surface area contributed by atoms with Gasteiger partial charge in [-0.3, -0.25) is 0 Å². The van der Waals surface area contributed by atoms with E-state index in [-0.39, 0.29) is 30.2 Å². The third-order valence-electron chi connectivity index (χ3n) is 8.72. The topological polar surface area (TPSA) is 0 Å². The zero-order valence-corrected chi connectivity index (χ0v) is 29.5. The molecule has 2 aliphatic carbocycles. The molecule has 4 aromatic rings. The molecule has 0 saturated carbocycles. The average Bonchev–Trinajstić information content (AvgIpc) is 3.52. The SMILES string of the molecule is CCC1C=C(C(C)(C)C)C=[C]1[Zr+2](=[C](c1ccccc1)c1ccccc1)[CH]1c2cc(C)ccc2-c2ccc(C)cc21.[Cl-].[Cl-]. The van der Waals surface area contributed by atoms with Crippen molar-refractivity contribution in [3.63, 3.8) is 0 Å². The minimum absolute atomic E-state index is 0. The van der Waals surface area contributed by atoms with Crippen LogP contribution < -0.4 is 24.8 Å². The first-order valence-electron chi connectivity index (χ1n) is 14.8. The summed E-state index contributed by atoms with van der Waals surface area (Å²) in [7, 11) is 0. The van der Waals surface area contributed by atoms with Gasteiger partial charge in [-0.25, -0.2) is 0 Å². The van der Waals surface area contributed by atoms with E-state index in [0.29, 0.717) is 9.54 Å². The first-order valence-corrected chi connectivity index (χ1v) is 18.6. The van der Waals surface area contributed by atoms with Crippen LogP contribution in [0.3, 0.4) is 0 Å². The number of hydrogen-bond acceptors (Lipinski definition) is 0. The minimum atomic E-state index is -2.75. The molecule has 42 heavy (non-hydrogen) atoms. The monoisotopic (exact) mass is 668 g/mol. The molecule has 2 aliphatic rings. The van der Waals surface area contributed by atoms with Crippen LogP contribution in [-0.2, 0) is 21.3 Å². The molecule has 0 aromatic heterocycles. The van der Waals surface area contributed by atoms with Crippen molar-refractivity contribution in [1.29, 1.82) is 0 Å². The van der Waals surface area contributed by atoms with Crippen LogP contribution in [-0.4, -0.2) is 3.21 Å². The number of benzene rings is 4. The third-order valence-corrected chi connectivity index (χ3v) is 17.2. The number of halogens is 2. The Labute approximate surface area is 273 Å². The predicted molar refractivity (Wildman–Crippen MR) is 169 cm³/mol. The Kier molecular flexibility index (Phi) is 10.2. The summed E-state index contributed by atoms with van der Waals surface area (Å²) >= 11 is -2.75. The quantitative estimate of drug-likeness (QED) is 0.300. The zero-order valence-electron chi connectivity index (χ0n) is 25.5. The molecular weight excluding hydrogens is 631 g/mol. The molecule has 0 fully saturated rings. The average molecular weight is 671 g/mol. The number of aryl methyl sites for hydroxylation is 2. The van der Waals surface area contributed by atoms with Crippen molar-refractivity contribution >= 4 is 3.21 Å². The Hall–Kier alpha value is -2.31. The smallest absolute Gasteiger partial charge is 1.00 e. The van der Waals surface area contributed by atoms with Crippen molar-refractivity contribution in [1.82, 2.24) is 0 Å². The Morgan fingerprint density at radius 2 is 1.17 bits per heavy atom. The maximum atomic E-state index is 2.66. The van der Waals surface area contributed by atoms with E-state index < -0.39 is 21.3 Å². The normalized spacial score (nSPS) is 15.3. The van der Waals surface area contributed by atoms with Crippen LogP contribution in [0.4, 0.5) is 0 Å². The molecule has 4 aromatic carbocycles. The molecule has 3 heteroatoms. The fraction of sp³-hybridized carbons (Fsp3) is 0.256. The largest absolute Gasteiger partial charge is 1.00 e. The van der Waals surface area contributed by atoms with Gasteiger partial charge in [-0.1, -0.05) is 0 Å². The first kappa shape index (κ1) is 32.6. The summed E-state index contributed by atoms with van der Waals surface area (Å²) in [5, 5.41) is 0. The number of hydrogen-bond donors (Lipinski definition) is 0. The van der Waals surface area contributed by atoms with Crippen molar-refractivity contribution in [2.24, 2.45) is 11.3 Å². The van der Waals surface area contributed by atoms with Crippen LogP contribution in [0.1, 0.15) is 71.1 Å². The van der Waals surface area contributed by atoms with Gasteiger partial charge in [0, 0.05) is 0 Å². The van der Waals surface area contributed by atoms with Gasteiger partial charge in [-0.15, -0.1) is 0 Å².